The monoisotopic (exact) mass is 264 g/mol. The van der Waals surface area contributed by atoms with Crippen LogP contribution in [0.1, 0.15) is 37.7 Å². The van der Waals surface area contributed by atoms with Crippen molar-refractivity contribution in [3.63, 3.8) is 0 Å². The summed E-state index contributed by atoms with van der Waals surface area (Å²) in [4.78, 5) is 0. The molecule has 0 unspecified atom stereocenters. The van der Waals surface area contributed by atoms with Gasteiger partial charge in [-0.15, -0.1) is 0 Å². The lowest BCUT2D eigenvalue weighted by atomic mass is 9.98. The molecule has 0 spiro atoms. The first-order valence-electron chi connectivity index (χ1n) is 7.52. The van der Waals surface area contributed by atoms with Crippen LogP contribution < -0.4 is 0 Å². The van der Waals surface area contributed by atoms with Crippen LogP contribution in [0.4, 0.5) is 0 Å². The Morgan fingerprint density at radius 1 is 0.950 bits per heavy atom. The van der Waals surface area contributed by atoms with Gasteiger partial charge in [-0.05, 0) is 29.7 Å². The zero-order valence-electron chi connectivity index (χ0n) is 11.8. The molecule has 20 heavy (non-hydrogen) atoms. The lowest BCUT2D eigenvalue weighted by Gasteiger charge is -2.20. The third-order valence-corrected chi connectivity index (χ3v) is 3.96. The number of rotatable bonds is 2. The van der Waals surface area contributed by atoms with Gasteiger partial charge in [-0.2, -0.15) is 0 Å². The molecule has 0 aromatic heterocycles. The molecular formula is C19H20O. The van der Waals surface area contributed by atoms with Gasteiger partial charge in [0.05, 0.1) is 6.10 Å². The van der Waals surface area contributed by atoms with Crippen LogP contribution >= 0.6 is 0 Å². The lowest BCUT2D eigenvalue weighted by molar-refractivity contribution is 0.0497. The van der Waals surface area contributed by atoms with Gasteiger partial charge in [-0.1, -0.05) is 67.5 Å². The van der Waals surface area contributed by atoms with Crippen molar-refractivity contribution in [2.45, 2.75) is 38.2 Å². The van der Waals surface area contributed by atoms with Crippen molar-refractivity contribution in [2.24, 2.45) is 0 Å². The molecule has 0 aliphatic heterocycles. The van der Waals surface area contributed by atoms with Crippen molar-refractivity contribution in [1.29, 1.82) is 0 Å². The molecule has 0 N–H and O–H groups in total. The van der Waals surface area contributed by atoms with Crippen LogP contribution in [0.25, 0.3) is 10.8 Å². The lowest BCUT2D eigenvalue weighted by Crippen LogP contribution is -2.16. The van der Waals surface area contributed by atoms with E-state index in [9.17, 15) is 0 Å². The van der Waals surface area contributed by atoms with Crippen molar-refractivity contribution in [2.75, 3.05) is 6.61 Å². The molecule has 1 nitrogen and oxygen atoms in total. The second-order valence-corrected chi connectivity index (χ2v) is 5.40. The number of hydrogen-bond donors (Lipinski definition) is 0. The molecule has 2 aromatic rings. The first-order valence-corrected chi connectivity index (χ1v) is 7.52. The van der Waals surface area contributed by atoms with Gasteiger partial charge in [-0.3, -0.25) is 0 Å². The fourth-order valence-corrected chi connectivity index (χ4v) is 2.86. The van der Waals surface area contributed by atoms with Gasteiger partial charge >= 0.3 is 0 Å². The van der Waals surface area contributed by atoms with Gasteiger partial charge in [0.1, 0.15) is 6.61 Å². The summed E-state index contributed by atoms with van der Waals surface area (Å²) in [5.74, 6) is 6.42. The van der Waals surface area contributed by atoms with E-state index in [2.05, 4.69) is 54.3 Å². The van der Waals surface area contributed by atoms with Crippen molar-refractivity contribution in [3.05, 3.63) is 48.0 Å². The number of fused-ring (bicyclic) bond motifs is 1. The van der Waals surface area contributed by atoms with Crippen LogP contribution in [-0.2, 0) is 4.74 Å². The Morgan fingerprint density at radius 2 is 1.75 bits per heavy atom. The molecule has 1 heteroatoms. The van der Waals surface area contributed by atoms with Gasteiger partial charge in [-0.25, -0.2) is 0 Å². The Hall–Kier alpha value is -1.78. The minimum Gasteiger partial charge on any atom is -0.366 e. The normalized spacial score (nSPS) is 15.8. The molecule has 2 aromatic carbocycles. The number of ether oxygens (including phenoxy) is 1. The highest BCUT2D eigenvalue weighted by Crippen LogP contribution is 2.20. The van der Waals surface area contributed by atoms with Gasteiger partial charge in [0, 0.05) is 5.56 Å². The Bertz CT molecular complexity index is 621. The van der Waals surface area contributed by atoms with Crippen molar-refractivity contribution in [1.82, 2.24) is 0 Å². The second-order valence-electron chi connectivity index (χ2n) is 5.40. The maximum atomic E-state index is 5.84. The quantitative estimate of drug-likeness (QED) is 0.724. The van der Waals surface area contributed by atoms with E-state index >= 15 is 0 Å². The average Bonchev–Trinajstić information content (AvgIpc) is 2.53. The second kappa shape index (κ2) is 6.59. The molecule has 1 saturated carbocycles. The zero-order chi connectivity index (χ0) is 13.6. The molecule has 1 fully saturated rings. The van der Waals surface area contributed by atoms with E-state index in [1.54, 1.807) is 0 Å². The summed E-state index contributed by atoms with van der Waals surface area (Å²) in [6, 6.07) is 14.6. The zero-order valence-corrected chi connectivity index (χ0v) is 11.8. The van der Waals surface area contributed by atoms with Crippen LogP contribution in [-0.4, -0.2) is 12.7 Å². The highest BCUT2D eigenvalue weighted by molar-refractivity contribution is 5.88. The van der Waals surface area contributed by atoms with Gasteiger partial charge in [0.15, 0.2) is 0 Å². The van der Waals surface area contributed by atoms with E-state index in [0.717, 1.165) is 5.56 Å². The number of benzene rings is 2. The third-order valence-electron chi connectivity index (χ3n) is 3.96. The molecule has 0 heterocycles. The minimum atomic E-state index is 0.436. The van der Waals surface area contributed by atoms with Gasteiger partial charge in [0.25, 0.3) is 0 Å². The van der Waals surface area contributed by atoms with Crippen molar-refractivity contribution >= 4 is 10.8 Å². The fourth-order valence-electron chi connectivity index (χ4n) is 2.86. The summed E-state index contributed by atoms with van der Waals surface area (Å²) in [6.07, 6.45) is 6.82. The maximum Gasteiger partial charge on any atom is 0.108 e. The molecule has 102 valence electrons. The molecule has 0 saturated heterocycles. The van der Waals surface area contributed by atoms with Crippen molar-refractivity contribution in [3.8, 4) is 11.8 Å². The average molecular weight is 264 g/mol. The Balaban J connectivity index is 1.66. The van der Waals surface area contributed by atoms with E-state index in [1.165, 1.54) is 42.9 Å². The maximum absolute atomic E-state index is 5.84. The van der Waals surface area contributed by atoms with E-state index < -0.39 is 0 Å². The summed E-state index contributed by atoms with van der Waals surface area (Å²) >= 11 is 0. The molecular weight excluding hydrogens is 244 g/mol. The molecule has 0 atom stereocenters. The van der Waals surface area contributed by atoms with E-state index in [0.29, 0.717) is 12.7 Å². The smallest absolute Gasteiger partial charge is 0.108 e. The number of hydrogen-bond acceptors (Lipinski definition) is 1. The SMILES string of the molecule is C(#Cc1cccc2ccccc12)COC1CCCCC1. The van der Waals surface area contributed by atoms with Crippen LogP contribution in [0.5, 0.6) is 0 Å². The highest BCUT2D eigenvalue weighted by atomic mass is 16.5. The van der Waals surface area contributed by atoms with Crippen LogP contribution in [0, 0.1) is 11.8 Å². The summed E-state index contributed by atoms with van der Waals surface area (Å²) in [6.45, 7) is 0.549. The third kappa shape index (κ3) is 3.21. The van der Waals surface area contributed by atoms with Crippen LogP contribution in [0.2, 0.25) is 0 Å². The molecule has 1 aliphatic rings. The van der Waals surface area contributed by atoms with Crippen LogP contribution in [0.3, 0.4) is 0 Å². The topological polar surface area (TPSA) is 9.23 Å². The highest BCUT2D eigenvalue weighted by Gasteiger charge is 2.12. The van der Waals surface area contributed by atoms with E-state index in [1.807, 2.05) is 0 Å². The van der Waals surface area contributed by atoms with E-state index in [-0.39, 0.29) is 0 Å². The summed E-state index contributed by atoms with van der Waals surface area (Å²) < 4.78 is 5.84. The molecule has 3 rings (SSSR count). The van der Waals surface area contributed by atoms with Crippen LogP contribution in [0.15, 0.2) is 42.5 Å². The fraction of sp³-hybridized carbons (Fsp3) is 0.368. The first kappa shape index (κ1) is 13.2. The van der Waals surface area contributed by atoms with Crippen molar-refractivity contribution < 1.29 is 4.74 Å². The predicted molar refractivity (Wildman–Crippen MR) is 83.7 cm³/mol. The predicted octanol–water partition coefficient (Wildman–Crippen LogP) is 4.54. The Kier molecular flexibility index (Phi) is 4.35. The van der Waals surface area contributed by atoms with Gasteiger partial charge in [0.2, 0.25) is 0 Å². The molecule has 0 radical (unpaired) electrons. The largest absolute Gasteiger partial charge is 0.366 e. The Labute approximate surface area is 121 Å². The first-order chi connectivity index (χ1) is 9.93. The molecule has 0 bridgehead atoms. The molecule has 1 aliphatic carbocycles. The summed E-state index contributed by atoms with van der Waals surface area (Å²) in [7, 11) is 0. The van der Waals surface area contributed by atoms with E-state index in [4.69, 9.17) is 4.74 Å². The minimum absolute atomic E-state index is 0.436. The Morgan fingerprint density at radius 3 is 2.65 bits per heavy atom. The van der Waals surface area contributed by atoms with Gasteiger partial charge < -0.3 is 4.74 Å². The summed E-state index contributed by atoms with van der Waals surface area (Å²) in [5, 5.41) is 2.47. The summed E-state index contributed by atoms with van der Waals surface area (Å²) in [5.41, 5.74) is 1.09. The molecule has 0 amide bonds. The standard InChI is InChI=1S/C19H20O/c1-2-12-18(13-3-1)20-15-7-11-17-10-6-9-16-8-4-5-14-19(16)17/h4-6,8-10,14,18H,1-3,12-13,15H2.